The molecule has 2 aromatic rings. The van der Waals surface area contributed by atoms with Gasteiger partial charge in [-0.25, -0.2) is 8.42 Å². The zero-order valence-corrected chi connectivity index (χ0v) is 15.9. The Hall–Kier alpha value is -2.05. The first kappa shape index (κ1) is 18.7. The molecule has 0 aliphatic carbocycles. The van der Waals surface area contributed by atoms with Gasteiger partial charge in [0.1, 0.15) is 0 Å². The normalized spacial score (nSPS) is 16.3. The summed E-state index contributed by atoms with van der Waals surface area (Å²) in [5, 5.41) is 3.50. The number of hydrogen-bond donors (Lipinski definition) is 1. The first-order valence-electron chi connectivity index (χ1n) is 8.59. The summed E-state index contributed by atoms with van der Waals surface area (Å²) in [6, 6.07) is 14.4. The van der Waals surface area contributed by atoms with Crippen molar-refractivity contribution >= 4 is 38.9 Å². The van der Waals surface area contributed by atoms with Crippen molar-refractivity contribution in [1.82, 2.24) is 0 Å². The van der Waals surface area contributed by atoms with Crippen LogP contribution in [0.2, 0.25) is 5.02 Å². The lowest BCUT2D eigenvalue weighted by Crippen LogP contribution is -2.37. The fourth-order valence-corrected chi connectivity index (χ4v) is 4.82. The fraction of sp³-hybridized carbons (Fsp3) is 0.316. The molecule has 1 saturated heterocycles. The monoisotopic (exact) mass is 392 g/mol. The van der Waals surface area contributed by atoms with Gasteiger partial charge in [0.15, 0.2) is 0 Å². The second-order valence-electron chi connectivity index (χ2n) is 6.32. The molecule has 0 radical (unpaired) electrons. The summed E-state index contributed by atoms with van der Waals surface area (Å²) in [7, 11) is -3.22. The van der Waals surface area contributed by atoms with Gasteiger partial charge in [-0.3, -0.25) is 9.10 Å². The zero-order chi connectivity index (χ0) is 18.6. The van der Waals surface area contributed by atoms with Crippen LogP contribution in [-0.4, -0.2) is 26.6 Å². The topological polar surface area (TPSA) is 66.5 Å². The average Bonchev–Trinajstić information content (AvgIpc) is 2.61. The summed E-state index contributed by atoms with van der Waals surface area (Å²) in [5.41, 5.74) is 2.30. The first-order valence-corrected chi connectivity index (χ1v) is 10.6. The van der Waals surface area contributed by atoms with Crippen LogP contribution in [0.15, 0.2) is 48.5 Å². The van der Waals surface area contributed by atoms with E-state index in [0.717, 1.165) is 12.0 Å². The molecule has 1 aliphatic rings. The average molecular weight is 393 g/mol. The number of benzene rings is 2. The standard InChI is InChI=1S/C19H21ClN2O3S/c20-16-5-3-4-15(14-16)6-11-19(23)21-17-7-9-18(10-8-17)22-12-1-2-13-26(22,24)25/h3-5,7-10,14H,1-2,6,11-13H2,(H,21,23). The third-order valence-corrected chi connectivity index (χ3v) is 6.42. The Bertz CT molecular complexity index is 882. The Morgan fingerprint density at radius 2 is 1.88 bits per heavy atom. The van der Waals surface area contributed by atoms with E-state index in [0.29, 0.717) is 42.2 Å². The Morgan fingerprint density at radius 1 is 1.12 bits per heavy atom. The first-order chi connectivity index (χ1) is 12.4. The maximum absolute atomic E-state index is 12.1. The molecule has 1 fully saturated rings. The van der Waals surface area contributed by atoms with E-state index < -0.39 is 10.0 Å². The maximum atomic E-state index is 12.1. The van der Waals surface area contributed by atoms with Crippen molar-refractivity contribution in [2.24, 2.45) is 0 Å². The molecule has 138 valence electrons. The van der Waals surface area contributed by atoms with Crippen LogP contribution in [0.25, 0.3) is 0 Å². The van der Waals surface area contributed by atoms with Crippen LogP contribution in [0, 0.1) is 0 Å². The Balaban J connectivity index is 1.58. The molecular formula is C19H21ClN2O3S. The van der Waals surface area contributed by atoms with Gasteiger partial charge >= 0.3 is 0 Å². The van der Waals surface area contributed by atoms with Gasteiger partial charge in [-0.1, -0.05) is 23.7 Å². The molecule has 0 atom stereocenters. The molecule has 5 nitrogen and oxygen atoms in total. The predicted molar refractivity (Wildman–Crippen MR) is 105 cm³/mol. The highest BCUT2D eigenvalue weighted by Crippen LogP contribution is 2.25. The molecule has 1 aliphatic heterocycles. The maximum Gasteiger partial charge on any atom is 0.235 e. The molecule has 1 amide bonds. The second kappa shape index (κ2) is 8.10. The van der Waals surface area contributed by atoms with Crippen molar-refractivity contribution < 1.29 is 13.2 Å². The van der Waals surface area contributed by atoms with Crippen LogP contribution in [0.3, 0.4) is 0 Å². The largest absolute Gasteiger partial charge is 0.326 e. The third-order valence-electron chi connectivity index (χ3n) is 4.32. The number of nitrogens with one attached hydrogen (secondary N) is 1. The molecule has 7 heteroatoms. The number of aryl methyl sites for hydroxylation is 1. The quantitative estimate of drug-likeness (QED) is 0.840. The smallest absolute Gasteiger partial charge is 0.235 e. The van der Waals surface area contributed by atoms with E-state index in [2.05, 4.69) is 5.32 Å². The van der Waals surface area contributed by atoms with Gasteiger partial charge in [-0.15, -0.1) is 0 Å². The summed E-state index contributed by atoms with van der Waals surface area (Å²) >= 11 is 5.94. The van der Waals surface area contributed by atoms with E-state index in [1.54, 1.807) is 30.3 Å². The number of hydrogen-bond acceptors (Lipinski definition) is 3. The number of carbonyl (C=O) groups is 1. The van der Waals surface area contributed by atoms with E-state index in [-0.39, 0.29) is 11.7 Å². The number of amides is 1. The van der Waals surface area contributed by atoms with E-state index >= 15 is 0 Å². The summed E-state index contributed by atoms with van der Waals surface area (Å²) < 4.78 is 25.7. The van der Waals surface area contributed by atoms with Crippen LogP contribution < -0.4 is 9.62 Å². The van der Waals surface area contributed by atoms with E-state index in [9.17, 15) is 13.2 Å². The summed E-state index contributed by atoms with van der Waals surface area (Å²) in [5.74, 6) is 0.0953. The highest BCUT2D eigenvalue weighted by Gasteiger charge is 2.25. The Morgan fingerprint density at radius 3 is 2.58 bits per heavy atom. The molecule has 2 aromatic carbocycles. The predicted octanol–water partition coefficient (Wildman–Crippen LogP) is 3.84. The summed E-state index contributed by atoms with van der Waals surface area (Å²) in [4.78, 5) is 12.1. The number of sulfonamides is 1. The molecule has 0 spiro atoms. The lowest BCUT2D eigenvalue weighted by Gasteiger charge is -2.28. The molecular weight excluding hydrogens is 372 g/mol. The highest BCUT2D eigenvalue weighted by molar-refractivity contribution is 7.92. The van der Waals surface area contributed by atoms with Crippen molar-refractivity contribution in [3.63, 3.8) is 0 Å². The van der Waals surface area contributed by atoms with E-state index in [1.807, 2.05) is 18.2 Å². The van der Waals surface area contributed by atoms with Crippen molar-refractivity contribution in [3.8, 4) is 0 Å². The second-order valence-corrected chi connectivity index (χ2v) is 8.77. The molecule has 3 rings (SSSR count). The number of carbonyl (C=O) groups excluding carboxylic acids is 1. The van der Waals surface area contributed by atoms with Gasteiger partial charge in [-0.05, 0) is 61.2 Å². The van der Waals surface area contributed by atoms with Gasteiger partial charge in [0.05, 0.1) is 11.4 Å². The van der Waals surface area contributed by atoms with Crippen LogP contribution in [0.4, 0.5) is 11.4 Å². The lowest BCUT2D eigenvalue weighted by molar-refractivity contribution is -0.116. The van der Waals surface area contributed by atoms with Gasteiger partial charge in [0.2, 0.25) is 15.9 Å². The van der Waals surface area contributed by atoms with Gasteiger partial charge < -0.3 is 5.32 Å². The van der Waals surface area contributed by atoms with Crippen molar-refractivity contribution in [2.45, 2.75) is 25.7 Å². The van der Waals surface area contributed by atoms with Crippen molar-refractivity contribution in [3.05, 3.63) is 59.1 Å². The van der Waals surface area contributed by atoms with Gasteiger partial charge in [-0.2, -0.15) is 0 Å². The molecule has 26 heavy (non-hydrogen) atoms. The van der Waals surface area contributed by atoms with Crippen molar-refractivity contribution in [2.75, 3.05) is 21.9 Å². The van der Waals surface area contributed by atoms with Crippen LogP contribution in [0.1, 0.15) is 24.8 Å². The number of rotatable bonds is 5. The van der Waals surface area contributed by atoms with Crippen molar-refractivity contribution in [1.29, 1.82) is 0 Å². The number of nitrogens with zero attached hydrogens (tertiary/aromatic N) is 1. The number of halogens is 1. The minimum atomic E-state index is -3.22. The molecule has 1 heterocycles. The summed E-state index contributed by atoms with van der Waals surface area (Å²) in [6.07, 6.45) is 2.53. The molecule has 0 aromatic heterocycles. The third kappa shape index (κ3) is 4.77. The Labute approximate surface area is 159 Å². The van der Waals surface area contributed by atoms with Crippen LogP contribution in [-0.2, 0) is 21.2 Å². The SMILES string of the molecule is O=C(CCc1cccc(Cl)c1)Nc1ccc(N2CCCCS2(=O)=O)cc1. The minimum absolute atomic E-state index is 0.0941. The minimum Gasteiger partial charge on any atom is -0.326 e. The summed E-state index contributed by atoms with van der Waals surface area (Å²) in [6.45, 7) is 0.508. The molecule has 0 saturated carbocycles. The van der Waals surface area contributed by atoms with Crippen LogP contribution in [0.5, 0.6) is 0 Å². The molecule has 0 bridgehead atoms. The van der Waals surface area contributed by atoms with E-state index in [4.69, 9.17) is 11.6 Å². The lowest BCUT2D eigenvalue weighted by atomic mass is 10.1. The van der Waals surface area contributed by atoms with Gasteiger partial charge in [0, 0.05) is 23.7 Å². The Kier molecular flexibility index (Phi) is 5.84. The highest BCUT2D eigenvalue weighted by atomic mass is 35.5. The zero-order valence-electron chi connectivity index (χ0n) is 14.3. The van der Waals surface area contributed by atoms with E-state index in [1.165, 1.54) is 4.31 Å². The molecule has 1 N–H and O–H groups in total. The number of anilines is 2. The van der Waals surface area contributed by atoms with Crippen LogP contribution >= 0.6 is 11.6 Å². The fourth-order valence-electron chi connectivity index (χ4n) is 2.96. The van der Waals surface area contributed by atoms with Gasteiger partial charge in [0.25, 0.3) is 0 Å². The molecule has 0 unspecified atom stereocenters.